The Labute approximate surface area is 583 Å². The van der Waals surface area contributed by atoms with Gasteiger partial charge in [0.25, 0.3) is 0 Å². The number of allylic oxidation sites excluding steroid dienone is 4. The van der Waals surface area contributed by atoms with Gasteiger partial charge in [0.1, 0.15) is 37.9 Å². The molecule has 0 heterocycles. The molecule has 2 unspecified atom stereocenters. The first-order chi connectivity index (χ1) is 48.7. The molecule has 0 saturated heterocycles. The van der Waals surface area contributed by atoms with Crippen LogP contribution < -0.4 is 9.47 Å². The normalized spacial score (nSPS) is 12.6. The average Bonchev–Trinajstić information content (AvgIpc) is 0.921. The van der Waals surface area contributed by atoms with Crippen LogP contribution in [0.25, 0.3) is 0 Å². The summed E-state index contributed by atoms with van der Waals surface area (Å²) in [5.74, 6) is -4.87. The van der Waals surface area contributed by atoms with Gasteiger partial charge in [-0.2, -0.15) is 20.4 Å². The van der Waals surface area contributed by atoms with E-state index >= 15 is 0 Å². The van der Waals surface area contributed by atoms with Crippen LogP contribution in [0.4, 0.5) is 0 Å². The lowest BCUT2D eigenvalue weighted by Gasteiger charge is -2.19. The van der Waals surface area contributed by atoms with Crippen molar-refractivity contribution < 1.29 is 85.7 Å². The third kappa shape index (κ3) is 31.1. The zero-order valence-corrected chi connectivity index (χ0v) is 56.8. The Morgan fingerprint density at radius 1 is 0.400 bits per heavy atom. The minimum absolute atomic E-state index is 0.121. The molecule has 0 amide bonds. The zero-order chi connectivity index (χ0) is 71.4. The number of hydrogen-bond donors (Lipinski definition) is 0. The molecule has 0 radical (unpaired) electrons. The van der Waals surface area contributed by atoms with Gasteiger partial charge < -0.3 is 47.4 Å². The van der Waals surface area contributed by atoms with Gasteiger partial charge in [0.2, 0.25) is 0 Å². The number of benzene rings is 5. The molecule has 0 spiro atoms. The van der Waals surface area contributed by atoms with Crippen molar-refractivity contribution in [3.63, 3.8) is 0 Å². The molecule has 22 nitrogen and oxygen atoms in total. The molecule has 6 rings (SSSR count). The SMILES string of the molecule is C=CC(=O)OCCCCCCOc1ccc(C(=O)OCC(COC(=O)CCC(=O)OCC(COC(=O)c2ccc(OCCCCCCOC(=O)C=C)cc2)OC(=O)c2ccc(/C=N/N=C/c3ccc(CCC)cc3)cc2)OC(=O)c2ccc(/C=N/N=C/C3=CC=C(CCC)CC3)cc2)cc1. The van der Waals surface area contributed by atoms with Crippen molar-refractivity contribution in [1.82, 2.24) is 0 Å². The standard InChI is InChI=1S/C78H88N4O18/c1-5-17-57-19-23-59(24-20-57)49-79-81-51-61-27-31-65(32-28-61)77(89)99-69(55-97-75(87)63-35-39-67(40-36-63)91-45-13-9-11-15-47-93-71(83)7-3)53-95-73(85)43-44-74(86)96-54-70(56-98-76(88)64-37-41-68(42-38-64)92-46-14-10-12-16-48-94-72(84)8-4)100-78(90)66-33-29-62(30-34-66)52-82-80-50-60-25-21-58(18-6-2)22-26-60/h7-8,19-21,23-25,27-42,49-52,69-70H,3-6,9-18,22,26,43-48,53-56H2,1-2H3/b79-49+,80-50+,81-51+,82-52+. The Bertz CT molecular complexity index is 3630. The van der Waals surface area contributed by atoms with E-state index in [1.165, 1.54) is 72.1 Å². The fourth-order valence-corrected chi connectivity index (χ4v) is 9.44. The molecule has 0 aliphatic heterocycles. The number of hydrogen-bond acceptors (Lipinski definition) is 22. The maximum atomic E-state index is 13.6. The van der Waals surface area contributed by atoms with Crippen LogP contribution in [-0.2, 0) is 63.5 Å². The van der Waals surface area contributed by atoms with Crippen molar-refractivity contribution in [2.75, 3.05) is 52.9 Å². The topological polar surface area (TPSA) is 278 Å². The van der Waals surface area contributed by atoms with Gasteiger partial charge in [-0.25, -0.2) is 28.8 Å². The molecule has 0 bridgehead atoms. The van der Waals surface area contributed by atoms with Crippen molar-refractivity contribution in [2.45, 2.75) is 129 Å². The first-order valence-corrected chi connectivity index (χ1v) is 33.6. The van der Waals surface area contributed by atoms with Crippen LogP contribution in [0.2, 0.25) is 0 Å². The predicted octanol–water partition coefficient (Wildman–Crippen LogP) is 13.6. The molecular weight excluding hydrogens is 1280 g/mol. The lowest BCUT2D eigenvalue weighted by Crippen LogP contribution is -2.31. The summed E-state index contributed by atoms with van der Waals surface area (Å²) in [6.07, 6.45) is 21.6. The fourth-order valence-electron chi connectivity index (χ4n) is 9.44. The highest BCUT2D eigenvalue weighted by Gasteiger charge is 2.25. The number of nitrogens with zero attached hydrogens (tertiary/aromatic N) is 4. The maximum absolute atomic E-state index is 13.6. The maximum Gasteiger partial charge on any atom is 0.338 e. The molecule has 528 valence electrons. The van der Waals surface area contributed by atoms with E-state index in [-0.39, 0.29) is 22.3 Å². The largest absolute Gasteiger partial charge is 0.494 e. The molecule has 1 aliphatic carbocycles. The number of unbranched alkanes of at least 4 members (excludes halogenated alkanes) is 6. The molecule has 1 aliphatic rings. The van der Waals surface area contributed by atoms with Gasteiger partial charge in [-0.15, -0.1) is 0 Å². The first-order valence-electron chi connectivity index (χ1n) is 33.6. The molecule has 0 fully saturated rings. The van der Waals surface area contributed by atoms with E-state index in [1.54, 1.807) is 61.0 Å². The van der Waals surface area contributed by atoms with Gasteiger partial charge in [-0.1, -0.05) is 106 Å². The molecule has 0 N–H and O–H groups in total. The highest BCUT2D eigenvalue weighted by Crippen LogP contribution is 2.22. The Kier molecular flexibility index (Phi) is 35.6. The minimum atomic E-state index is -1.32. The Morgan fingerprint density at radius 2 is 0.770 bits per heavy atom. The van der Waals surface area contributed by atoms with Crippen molar-refractivity contribution in [3.8, 4) is 11.5 Å². The molecule has 0 aromatic heterocycles. The Hall–Kier alpha value is -10.9. The fraction of sp³-hybridized carbons (Fsp3) is 0.359. The van der Waals surface area contributed by atoms with Crippen LogP contribution in [0.3, 0.4) is 0 Å². The molecule has 100 heavy (non-hydrogen) atoms. The van der Waals surface area contributed by atoms with Crippen molar-refractivity contribution in [3.05, 3.63) is 214 Å². The van der Waals surface area contributed by atoms with Crippen LogP contribution >= 0.6 is 0 Å². The smallest absolute Gasteiger partial charge is 0.338 e. The zero-order valence-electron chi connectivity index (χ0n) is 56.8. The van der Waals surface area contributed by atoms with E-state index in [0.717, 1.165) is 100 Å². The van der Waals surface area contributed by atoms with Crippen LogP contribution in [0.1, 0.15) is 174 Å². The second-order valence-electron chi connectivity index (χ2n) is 23.0. The summed E-state index contributed by atoms with van der Waals surface area (Å²) in [4.78, 5) is 103. The van der Waals surface area contributed by atoms with Gasteiger partial charge in [-0.05, 0) is 178 Å². The summed E-state index contributed by atoms with van der Waals surface area (Å²) in [6, 6.07) is 33.1. The van der Waals surface area contributed by atoms with E-state index in [4.69, 9.17) is 47.4 Å². The first kappa shape index (κ1) is 78.1. The summed E-state index contributed by atoms with van der Waals surface area (Å²) in [6.45, 7) is 10.3. The van der Waals surface area contributed by atoms with Crippen molar-refractivity contribution in [1.29, 1.82) is 0 Å². The van der Waals surface area contributed by atoms with E-state index < -0.39 is 99.2 Å². The number of carbonyl (C=O) groups excluding carboxylic acids is 8. The minimum Gasteiger partial charge on any atom is -0.494 e. The summed E-state index contributed by atoms with van der Waals surface area (Å²) in [5, 5.41) is 16.6. The molecule has 2 atom stereocenters. The van der Waals surface area contributed by atoms with Gasteiger partial charge >= 0.3 is 47.8 Å². The molecular formula is C78H88N4O18. The van der Waals surface area contributed by atoms with Gasteiger partial charge in [0.15, 0.2) is 12.2 Å². The van der Waals surface area contributed by atoms with Crippen LogP contribution in [-0.4, -0.2) is 138 Å². The van der Waals surface area contributed by atoms with Crippen molar-refractivity contribution in [2.24, 2.45) is 20.4 Å². The summed E-state index contributed by atoms with van der Waals surface area (Å²) in [7, 11) is 0. The molecule has 0 saturated carbocycles. The van der Waals surface area contributed by atoms with Crippen LogP contribution in [0.15, 0.2) is 190 Å². The molecule has 5 aromatic rings. The molecule has 5 aromatic carbocycles. The number of rotatable bonds is 45. The summed E-state index contributed by atoms with van der Waals surface area (Å²) in [5.41, 5.74) is 6.45. The lowest BCUT2D eigenvalue weighted by atomic mass is 9.96. The quantitative estimate of drug-likeness (QED) is 0.00874. The Morgan fingerprint density at radius 3 is 1.16 bits per heavy atom. The van der Waals surface area contributed by atoms with Crippen LogP contribution in [0.5, 0.6) is 11.5 Å². The lowest BCUT2D eigenvalue weighted by molar-refractivity contribution is -0.154. The van der Waals surface area contributed by atoms with Gasteiger partial charge in [-0.3, -0.25) is 9.59 Å². The third-order valence-electron chi connectivity index (χ3n) is 15.0. The highest BCUT2D eigenvalue weighted by atomic mass is 16.6. The van der Waals surface area contributed by atoms with E-state index in [1.807, 2.05) is 24.3 Å². The second-order valence-corrected chi connectivity index (χ2v) is 23.0. The van der Waals surface area contributed by atoms with E-state index in [9.17, 15) is 38.4 Å². The monoisotopic (exact) mass is 1370 g/mol. The number of aryl methyl sites for hydroxylation is 1. The predicted molar refractivity (Wildman–Crippen MR) is 378 cm³/mol. The average molecular weight is 1370 g/mol. The Balaban J connectivity index is 1.04. The third-order valence-corrected chi connectivity index (χ3v) is 15.0. The van der Waals surface area contributed by atoms with Gasteiger partial charge in [0, 0.05) is 12.2 Å². The second kappa shape index (κ2) is 45.6. The number of ether oxygens (including phenoxy) is 10. The summed E-state index contributed by atoms with van der Waals surface area (Å²) < 4.78 is 55.1. The van der Waals surface area contributed by atoms with Crippen LogP contribution in [0, 0.1) is 0 Å². The number of esters is 8. The highest BCUT2D eigenvalue weighted by molar-refractivity contribution is 5.93. The summed E-state index contributed by atoms with van der Waals surface area (Å²) >= 11 is 0. The number of carbonyl (C=O) groups is 8. The van der Waals surface area contributed by atoms with E-state index in [0.29, 0.717) is 61.9 Å². The van der Waals surface area contributed by atoms with E-state index in [2.05, 4.69) is 59.6 Å². The van der Waals surface area contributed by atoms with Gasteiger partial charge in [0.05, 0.1) is 86.4 Å². The van der Waals surface area contributed by atoms with Crippen molar-refractivity contribution >= 4 is 72.6 Å². The molecule has 22 heteroatoms.